The molecule has 0 aliphatic carbocycles. The number of aromatic nitrogens is 5. The summed E-state index contributed by atoms with van der Waals surface area (Å²) in [5.41, 5.74) is 1.84. The van der Waals surface area contributed by atoms with Crippen LogP contribution in [0, 0.1) is 0 Å². The van der Waals surface area contributed by atoms with Crippen molar-refractivity contribution >= 4 is 16.9 Å². The number of para-hydroxylation sites is 2. The number of benzene rings is 1. The molecule has 112 valence electrons. The van der Waals surface area contributed by atoms with Crippen LogP contribution < -0.4 is 5.32 Å². The third kappa shape index (κ3) is 2.30. The fraction of sp³-hybridized carbons (Fsp3) is 0.375. The van der Waals surface area contributed by atoms with Gasteiger partial charge in [0.2, 0.25) is 0 Å². The summed E-state index contributed by atoms with van der Waals surface area (Å²) in [5, 5.41) is 12.0. The van der Waals surface area contributed by atoms with Gasteiger partial charge < -0.3 is 9.88 Å². The van der Waals surface area contributed by atoms with Crippen molar-refractivity contribution in [2.75, 3.05) is 5.32 Å². The smallest absolute Gasteiger partial charge is 0.145 e. The first-order valence-corrected chi connectivity index (χ1v) is 7.73. The molecule has 0 amide bonds. The fourth-order valence-corrected chi connectivity index (χ4v) is 3.00. The Morgan fingerprint density at radius 1 is 1.23 bits per heavy atom. The lowest BCUT2D eigenvalue weighted by Gasteiger charge is -2.25. The minimum absolute atomic E-state index is 0.337. The van der Waals surface area contributed by atoms with Crippen LogP contribution in [0.5, 0.6) is 0 Å². The predicted octanol–water partition coefficient (Wildman–Crippen LogP) is 2.21. The zero-order chi connectivity index (χ0) is 14.9. The van der Waals surface area contributed by atoms with E-state index in [9.17, 15) is 0 Å². The second kappa shape index (κ2) is 5.36. The van der Waals surface area contributed by atoms with E-state index in [1.165, 1.54) is 0 Å². The third-order valence-electron chi connectivity index (χ3n) is 4.14. The van der Waals surface area contributed by atoms with E-state index in [1.807, 2.05) is 30.5 Å². The molecule has 4 rings (SSSR count). The Hall–Kier alpha value is -2.50. The number of rotatable bonds is 3. The molecule has 1 aromatic carbocycles. The van der Waals surface area contributed by atoms with E-state index >= 15 is 0 Å². The highest BCUT2D eigenvalue weighted by Gasteiger charge is 2.22. The van der Waals surface area contributed by atoms with Crippen molar-refractivity contribution in [2.24, 2.45) is 0 Å². The number of nitrogens with one attached hydrogen (secondary N) is 1. The maximum Gasteiger partial charge on any atom is 0.145 e. The van der Waals surface area contributed by atoms with Crippen molar-refractivity contribution in [1.82, 2.24) is 24.7 Å². The third-order valence-corrected chi connectivity index (χ3v) is 4.14. The number of hydrogen-bond donors (Lipinski definition) is 1. The summed E-state index contributed by atoms with van der Waals surface area (Å²) in [6.45, 7) is 3.00. The van der Waals surface area contributed by atoms with Crippen LogP contribution in [0.25, 0.3) is 11.0 Å². The van der Waals surface area contributed by atoms with Crippen LogP contribution in [0.1, 0.15) is 25.0 Å². The average molecular weight is 294 g/mol. The molecule has 2 aromatic heterocycles. The first kappa shape index (κ1) is 13.2. The Bertz CT molecular complexity index is 796. The van der Waals surface area contributed by atoms with E-state index in [4.69, 9.17) is 0 Å². The monoisotopic (exact) mass is 294 g/mol. The van der Waals surface area contributed by atoms with E-state index in [2.05, 4.69) is 37.0 Å². The molecule has 0 spiro atoms. The van der Waals surface area contributed by atoms with E-state index in [0.717, 1.165) is 54.3 Å². The number of hydrogen-bond acceptors (Lipinski definition) is 5. The number of anilines is 1. The lowest BCUT2D eigenvalue weighted by atomic mass is 10.1. The fourth-order valence-electron chi connectivity index (χ4n) is 3.00. The van der Waals surface area contributed by atoms with Crippen molar-refractivity contribution in [2.45, 2.75) is 38.8 Å². The Kier molecular flexibility index (Phi) is 3.21. The maximum absolute atomic E-state index is 4.64. The Balaban J connectivity index is 1.55. The van der Waals surface area contributed by atoms with Gasteiger partial charge in [-0.15, -0.1) is 10.2 Å². The molecular formula is C16H18N6. The SMILES string of the molecule is CCc1nnc2n1CC(Nc1cnc3ccccc3n1)CC2. The first-order valence-electron chi connectivity index (χ1n) is 7.73. The molecule has 6 nitrogen and oxygen atoms in total. The summed E-state index contributed by atoms with van der Waals surface area (Å²) in [6, 6.07) is 8.26. The van der Waals surface area contributed by atoms with Gasteiger partial charge in [-0.2, -0.15) is 0 Å². The molecule has 22 heavy (non-hydrogen) atoms. The van der Waals surface area contributed by atoms with Crippen molar-refractivity contribution in [1.29, 1.82) is 0 Å². The van der Waals surface area contributed by atoms with Gasteiger partial charge in [0.15, 0.2) is 0 Å². The predicted molar refractivity (Wildman–Crippen MR) is 84.7 cm³/mol. The van der Waals surface area contributed by atoms with Gasteiger partial charge in [0.05, 0.1) is 17.2 Å². The lowest BCUT2D eigenvalue weighted by Crippen LogP contribution is -2.32. The molecule has 1 N–H and O–H groups in total. The molecule has 1 unspecified atom stereocenters. The van der Waals surface area contributed by atoms with Gasteiger partial charge in [-0.25, -0.2) is 4.98 Å². The van der Waals surface area contributed by atoms with Gasteiger partial charge in [-0.05, 0) is 18.6 Å². The highest BCUT2D eigenvalue weighted by molar-refractivity contribution is 5.75. The van der Waals surface area contributed by atoms with Gasteiger partial charge in [-0.1, -0.05) is 19.1 Å². The quantitative estimate of drug-likeness (QED) is 0.802. The van der Waals surface area contributed by atoms with Crippen LogP contribution in [-0.2, 0) is 19.4 Å². The second-order valence-corrected chi connectivity index (χ2v) is 5.62. The molecule has 0 saturated heterocycles. The first-order chi connectivity index (χ1) is 10.8. The number of nitrogens with zero attached hydrogens (tertiary/aromatic N) is 5. The lowest BCUT2D eigenvalue weighted by molar-refractivity contribution is 0.465. The van der Waals surface area contributed by atoms with E-state index in [-0.39, 0.29) is 0 Å². The van der Waals surface area contributed by atoms with Gasteiger partial charge in [0, 0.05) is 25.4 Å². The van der Waals surface area contributed by atoms with E-state index in [0.29, 0.717) is 6.04 Å². The summed E-state index contributed by atoms with van der Waals surface area (Å²) in [7, 11) is 0. The van der Waals surface area contributed by atoms with Crippen molar-refractivity contribution in [3.8, 4) is 0 Å². The van der Waals surface area contributed by atoms with Crippen LogP contribution in [0.15, 0.2) is 30.5 Å². The van der Waals surface area contributed by atoms with Crippen LogP contribution in [0.3, 0.4) is 0 Å². The van der Waals surface area contributed by atoms with E-state index in [1.54, 1.807) is 0 Å². The highest BCUT2D eigenvalue weighted by Crippen LogP contribution is 2.19. The molecule has 0 saturated carbocycles. The molecule has 6 heteroatoms. The molecule has 1 atom stereocenters. The average Bonchev–Trinajstić information content (AvgIpc) is 2.97. The number of fused-ring (bicyclic) bond motifs is 2. The van der Waals surface area contributed by atoms with Crippen molar-refractivity contribution in [3.63, 3.8) is 0 Å². The van der Waals surface area contributed by atoms with Gasteiger partial charge >= 0.3 is 0 Å². The minimum atomic E-state index is 0.337. The molecular weight excluding hydrogens is 276 g/mol. The molecule has 1 aliphatic rings. The topological polar surface area (TPSA) is 68.5 Å². The van der Waals surface area contributed by atoms with Crippen LogP contribution >= 0.6 is 0 Å². The van der Waals surface area contributed by atoms with E-state index < -0.39 is 0 Å². The minimum Gasteiger partial charge on any atom is -0.364 e. The Labute approximate surface area is 128 Å². The Morgan fingerprint density at radius 3 is 2.95 bits per heavy atom. The van der Waals surface area contributed by atoms with Gasteiger partial charge in [0.25, 0.3) is 0 Å². The summed E-state index contributed by atoms with van der Waals surface area (Å²) in [4.78, 5) is 9.10. The molecule has 0 bridgehead atoms. The van der Waals surface area contributed by atoms with Gasteiger partial charge in [0.1, 0.15) is 17.5 Å². The summed E-state index contributed by atoms with van der Waals surface area (Å²) in [5.74, 6) is 2.99. The molecule has 0 fully saturated rings. The second-order valence-electron chi connectivity index (χ2n) is 5.62. The largest absolute Gasteiger partial charge is 0.364 e. The molecule has 0 radical (unpaired) electrons. The molecule has 3 heterocycles. The standard InChI is InChI=1S/C16H18N6/c1-2-15-20-21-16-8-7-11(10-22(15)16)18-14-9-17-12-5-3-4-6-13(12)19-14/h3-6,9,11H,2,7-8,10H2,1H3,(H,18,19). The van der Waals surface area contributed by atoms with Crippen LogP contribution in [-0.4, -0.2) is 30.8 Å². The summed E-state index contributed by atoms with van der Waals surface area (Å²) in [6.07, 6.45) is 4.71. The zero-order valence-electron chi connectivity index (χ0n) is 12.5. The highest BCUT2D eigenvalue weighted by atomic mass is 15.3. The van der Waals surface area contributed by atoms with Crippen molar-refractivity contribution in [3.05, 3.63) is 42.1 Å². The zero-order valence-corrected chi connectivity index (χ0v) is 12.5. The van der Waals surface area contributed by atoms with Crippen molar-refractivity contribution < 1.29 is 0 Å². The summed E-state index contributed by atoms with van der Waals surface area (Å²) < 4.78 is 2.23. The van der Waals surface area contributed by atoms with Crippen LogP contribution in [0.4, 0.5) is 5.82 Å². The molecule has 1 aliphatic heterocycles. The molecule has 3 aromatic rings. The normalized spacial score (nSPS) is 17.4. The summed E-state index contributed by atoms with van der Waals surface area (Å²) >= 11 is 0. The van der Waals surface area contributed by atoms with Crippen LogP contribution in [0.2, 0.25) is 0 Å². The maximum atomic E-state index is 4.64. The van der Waals surface area contributed by atoms with Gasteiger partial charge in [-0.3, -0.25) is 4.98 Å². The Morgan fingerprint density at radius 2 is 2.09 bits per heavy atom. The number of aryl methyl sites for hydroxylation is 2.